The molecule has 0 bridgehead atoms. The molecule has 1 aromatic heterocycles. The molecular formula is C23H21N3OS. The Morgan fingerprint density at radius 1 is 0.893 bits per heavy atom. The molecule has 0 saturated carbocycles. The van der Waals surface area contributed by atoms with E-state index in [4.69, 9.17) is 15.6 Å². The minimum Gasteiger partial charge on any atom is -0.497 e. The molecule has 0 fully saturated rings. The van der Waals surface area contributed by atoms with Crippen LogP contribution in [0.5, 0.6) is 5.75 Å². The van der Waals surface area contributed by atoms with E-state index in [9.17, 15) is 0 Å². The summed E-state index contributed by atoms with van der Waals surface area (Å²) in [7, 11) is 1.66. The van der Waals surface area contributed by atoms with Gasteiger partial charge in [0.05, 0.1) is 17.7 Å². The fourth-order valence-electron chi connectivity index (χ4n) is 2.95. The quantitative estimate of drug-likeness (QED) is 0.485. The largest absolute Gasteiger partial charge is 0.497 e. The summed E-state index contributed by atoms with van der Waals surface area (Å²) in [5.74, 6) is 1.44. The van der Waals surface area contributed by atoms with Crippen LogP contribution in [-0.4, -0.2) is 16.9 Å². The van der Waals surface area contributed by atoms with Crippen LogP contribution in [0.1, 0.15) is 5.56 Å². The third kappa shape index (κ3) is 3.62. The number of benzene rings is 3. The van der Waals surface area contributed by atoms with Crippen molar-refractivity contribution in [3.05, 3.63) is 84.4 Å². The first kappa shape index (κ1) is 18.2. The molecule has 0 spiro atoms. The van der Waals surface area contributed by atoms with E-state index in [-0.39, 0.29) is 0 Å². The molecule has 4 nitrogen and oxygen atoms in total. The minimum atomic E-state index is 0.627. The second kappa shape index (κ2) is 7.82. The Labute approximate surface area is 169 Å². The lowest BCUT2D eigenvalue weighted by Gasteiger charge is -2.06. The number of nitrogens with two attached hydrogens (primary N) is 1. The Balaban J connectivity index is 1.83. The van der Waals surface area contributed by atoms with Crippen molar-refractivity contribution in [2.24, 2.45) is 0 Å². The summed E-state index contributed by atoms with van der Waals surface area (Å²) in [5, 5.41) is 4.85. The fraction of sp³-hybridized carbons (Fsp3) is 0.0870. The summed E-state index contributed by atoms with van der Waals surface area (Å²) in [6.07, 6.45) is 0. The molecule has 140 valence electrons. The van der Waals surface area contributed by atoms with E-state index < -0.39 is 0 Å². The molecule has 4 rings (SSSR count). The Bertz CT molecular complexity index is 1070. The summed E-state index contributed by atoms with van der Waals surface area (Å²) >= 11 is 1.63. The van der Waals surface area contributed by atoms with Crippen molar-refractivity contribution in [1.29, 1.82) is 0 Å². The van der Waals surface area contributed by atoms with Gasteiger partial charge < -0.3 is 10.5 Å². The molecule has 2 N–H and O–H groups in total. The fourth-order valence-corrected chi connectivity index (χ4v) is 3.90. The zero-order valence-electron chi connectivity index (χ0n) is 15.8. The van der Waals surface area contributed by atoms with Crippen LogP contribution in [0.4, 0.5) is 5.82 Å². The number of para-hydroxylation sites is 1. The summed E-state index contributed by atoms with van der Waals surface area (Å²) < 4.78 is 7.09. The molecule has 0 aliphatic heterocycles. The zero-order valence-corrected chi connectivity index (χ0v) is 16.6. The number of aryl methyl sites for hydroxylation is 1. The number of aromatic nitrogens is 2. The van der Waals surface area contributed by atoms with Gasteiger partial charge in [-0.3, -0.25) is 0 Å². The number of ether oxygens (including phenoxy) is 1. The van der Waals surface area contributed by atoms with Crippen LogP contribution in [0, 0.1) is 6.92 Å². The molecule has 4 aromatic rings. The Morgan fingerprint density at radius 2 is 1.57 bits per heavy atom. The summed E-state index contributed by atoms with van der Waals surface area (Å²) in [5.41, 5.74) is 10.6. The van der Waals surface area contributed by atoms with Crippen molar-refractivity contribution in [2.45, 2.75) is 16.7 Å². The number of nitrogen functional groups attached to an aromatic ring is 1. The maximum Gasteiger partial charge on any atom is 0.141 e. The molecule has 0 radical (unpaired) electrons. The molecular weight excluding hydrogens is 366 g/mol. The lowest BCUT2D eigenvalue weighted by molar-refractivity contribution is 0.415. The first-order chi connectivity index (χ1) is 13.7. The summed E-state index contributed by atoms with van der Waals surface area (Å²) in [6.45, 7) is 2.08. The van der Waals surface area contributed by atoms with E-state index >= 15 is 0 Å². The van der Waals surface area contributed by atoms with Gasteiger partial charge in [0.1, 0.15) is 17.3 Å². The number of nitrogens with zero attached hydrogens (tertiary/aromatic N) is 2. The lowest BCUT2D eigenvalue weighted by Crippen LogP contribution is -2.01. The van der Waals surface area contributed by atoms with Gasteiger partial charge in [-0.25, -0.2) is 4.68 Å². The van der Waals surface area contributed by atoms with Crippen LogP contribution >= 0.6 is 11.8 Å². The Kier molecular flexibility index (Phi) is 5.08. The van der Waals surface area contributed by atoms with Gasteiger partial charge >= 0.3 is 0 Å². The summed E-state index contributed by atoms with van der Waals surface area (Å²) in [6, 6.07) is 26.3. The zero-order chi connectivity index (χ0) is 19.5. The van der Waals surface area contributed by atoms with Gasteiger partial charge in [0, 0.05) is 10.5 Å². The minimum absolute atomic E-state index is 0.627. The van der Waals surface area contributed by atoms with Crippen LogP contribution < -0.4 is 10.5 Å². The van der Waals surface area contributed by atoms with E-state index in [1.165, 1.54) is 5.56 Å². The van der Waals surface area contributed by atoms with Crippen molar-refractivity contribution in [3.63, 3.8) is 0 Å². The highest BCUT2D eigenvalue weighted by molar-refractivity contribution is 7.99. The highest BCUT2D eigenvalue weighted by Crippen LogP contribution is 2.41. The van der Waals surface area contributed by atoms with Crippen LogP contribution in [0.3, 0.4) is 0 Å². The first-order valence-corrected chi connectivity index (χ1v) is 9.80. The molecule has 3 aromatic carbocycles. The summed E-state index contributed by atoms with van der Waals surface area (Å²) in [4.78, 5) is 2.07. The predicted molar refractivity (Wildman–Crippen MR) is 115 cm³/mol. The van der Waals surface area contributed by atoms with E-state index in [1.807, 2.05) is 54.6 Å². The average Bonchev–Trinajstić information content (AvgIpc) is 3.06. The topological polar surface area (TPSA) is 53.1 Å². The Hall–Kier alpha value is -3.18. The highest BCUT2D eigenvalue weighted by Gasteiger charge is 2.19. The SMILES string of the molecule is COc1ccc(-c2nn(-c3ccccc3)c(N)c2Sc2ccc(C)cc2)cc1. The normalized spacial score (nSPS) is 10.8. The second-order valence-corrected chi connectivity index (χ2v) is 7.54. The molecule has 0 aliphatic rings. The molecule has 0 unspecified atom stereocenters. The number of anilines is 1. The van der Waals surface area contributed by atoms with Crippen molar-refractivity contribution in [1.82, 2.24) is 9.78 Å². The van der Waals surface area contributed by atoms with E-state index in [0.29, 0.717) is 5.82 Å². The van der Waals surface area contributed by atoms with Gasteiger partial charge in [-0.05, 0) is 55.5 Å². The van der Waals surface area contributed by atoms with Crippen molar-refractivity contribution < 1.29 is 4.74 Å². The molecule has 0 aliphatic carbocycles. The molecule has 0 saturated heterocycles. The monoisotopic (exact) mass is 387 g/mol. The van der Waals surface area contributed by atoms with Crippen LogP contribution in [0.2, 0.25) is 0 Å². The molecule has 1 heterocycles. The van der Waals surface area contributed by atoms with Gasteiger partial charge in [0.25, 0.3) is 0 Å². The van der Waals surface area contributed by atoms with Crippen molar-refractivity contribution in [3.8, 4) is 22.7 Å². The first-order valence-electron chi connectivity index (χ1n) is 8.98. The van der Waals surface area contributed by atoms with E-state index in [0.717, 1.165) is 32.5 Å². The van der Waals surface area contributed by atoms with Gasteiger partial charge in [0.2, 0.25) is 0 Å². The third-order valence-electron chi connectivity index (χ3n) is 4.48. The highest BCUT2D eigenvalue weighted by atomic mass is 32.2. The molecule has 28 heavy (non-hydrogen) atoms. The van der Waals surface area contributed by atoms with Gasteiger partial charge in [-0.2, -0.15) is 5.10 Å². The van der Waals surface area contributed by atoms with Crippen molar-refractivity contribution >= 4 is 17.6 Å². The van der Waals surface area contributed by atoms with Crippen LogP contribution in [-0.2, 0) is 0 Å². The molecule has 0 atom stereocenters. The average molecular weight is 388 g/mol. The van der Waals surface area contributed by atoms with Gasteiger partial charge in [0.15, 0.2) is 0 Å². The molecule has 0 amide bonds. The van der Waals surface area contributed by atoms with E-state index in [1.54, 1.807) is 23.6 Å². The van der Waals surface area contributed by atoms with E-state index in [2.05, 4.69) is 31.2 Å². The standard InChI is InChI=1S/C23H21N3OS/c1-16-8-14-20(15-9-16)28-22-21(17-10-12-19(27-2)13-11-17)25-26(23(22)24)18-6-4-3-5-7-18/h3-15H,24H2,1-2H3. The van der Waals surface area contributed by atoms with Crippen LogP contribution in [0.15, 0.2) is 88.7 Å². The number of hydrogen-bond acceptors (Lipinski definition) is 4. The second-order valence-electron chi connectivity index (χ2n) is 6.45. The predicted octanol–water partition coefficient (Wildman–Crippen LogP) is 5.59. The maximum absolute atomic E-state index is 6.56. The Morgan fingerprint density at radius 3 is 2.21 bits per heavy atom. The maximum atomic E-state index is 6.56. The van der Waals surface area contributed by atoms with Gasteiger partial charge in [-0.15, -0.1) is 0 Å². The lowest BCUT2D eigenvalue weighted by atomic mass is 10.1. The smallest absolute Gasteiger partial charge is 0.141 e. The molecule has 5 heteroatoms. The third-order valence-corrected chi connectivity index (χ3v) is 5.60. The number of rotatable bonds is 5. The van der Waals surface area contributed by atoms with Gasteiger partial charge in [-0.1, -0.05) is 47.7 Å². The van der Waals surface area contributed by atoms with Crippen molar-refractivity contribution in [2.75, 3.05) is 12.8 Å². The number of methoxy groups -OCH3 is 1. The number of hydrogen-bond donors (Lipinski definition) is 1. The van der Waals surface area contributed by atoms with Crippen LogP contribution in [0.25, 0.3) is 16.9 Å².